The molecule has 98 valence electrons. The van der Waals surface area contributed by atoms with Gasteiger partial charge in [-0.2, -0.15) is 16.7 Å². The number of aliphatic hydroxyl groups is 1. The fraction of sp³-hybridized carbons (Fsp3) is 0.455. The van der Waals surface area contributed by atoms with Crippen LogP contribution in [0.3, 0.4) is 0 Å². The van der Waals surface area contributed by atoms with E-state index < -0.39 is 0 Å². The molecule has 0 bridgehead atoms. The van der Waals surface area contributed by atoms with Crippen LogP contribution in [0.4, 0.5) is 5.95 Å². The second kappa shape index (κ2) is 5.90. The number of anilines is 1. The Morgan fingerprint density at radius 3 is 3.00 bits per heavy atom. The van der Waals surface area contributed by atoms with Crippen molar-refractivity contribution in [1.29, 1.82) is 0 Å². The van der Waals surface area contributed by atoms with Gasteiger partial charge in [-0.25, -0.2) is 4.52 Å². The van der Waals surface area contributed by atoms with Crippen LogP contribution in [0.1, 0.15) is 6.92 Å². The van der Waals surface area contributed by atoms with E-state index in [0.29, 0.717) is 5.95 Å². The summed E-state index contributed by atoms with van der Waals surface area (Å²) in [5, 5.41) is 16.9. The highest BCUT2D eigenvalue weighted by Gasteiger charge is 2.16. The smallest absolute Gasteiger partial charge is 0.243 e. The molecular formula is C11H15BrN4OS. The Balaban J connectivity index is 2.16. The van der Waals surface area contributed by atoms with Gasteiger partial charge in [0, 0.05) is 22.0 Å². The maximum absolute atomic E-state index is 9.24. The van der Waals surface area contributed by atoms with E-state index in [1.54, 1.807) is 16.3 Å². The first-order chi connectivity index (χ1) is 8.63. The zero-order chi connectivity index (χ0) is 13.1. The molecule has 0 aliphatic carbocycles. The molecule has 0 aliphatic rings. The van der Waals surface area contributed by atoms with Gasteiger partial charge in [0.25, 0.3) is 0 Å². The van der Waals surface area contributed by atoms with Gasteiger partial charge in [0.15, 0.2) is 5.65 Å². The van der Waals surface area contributed by atoms with Crippen molar-refractivity contribution in [1.82, 2.24) is 14.6 Å². The third-order valence-corrected chi connectivity index (χ3v) is 4.32. The molecule has 0 amide bonds. The second-order valence-electron chi connectivity index (χ2n) is 3.98. The lowest BCUT2D eigenvalue weighted by atomic mass is 10.2. The van der Waals surface area contributed by atoms with Crippen molar-refractivity contribution in [2.75, 3.05) is 18.2 Å². The molecule has 0 fully saturated rings. The summed E-state index contributed by atoms with van der Waals surface area (Å²) >= 11 is 5.02. The van der Waals surface area contributed by atoms with Crippen molar-refractivity contribution in [2.24, 2.45) is 0 Å². The third kappa shape index (κ3) is 2.96. The highest BCUT2D eigenvalue weighted by molar-refractivity contribution is 9.10. The number of nitrogens with zero attached hydrogens (tertiary/aromatic N) is 3. The molecule has 0 saturated carbocycles. The fourth-order valence-electron chi connectivity index (χ4n) is 1.65. The molecule has 0 saturated heterocycles. The summed E-state index contributed by atoms with van der Waals surface area (Å²) < 4.78 is 2.67. The van der Waals surface area contributed by atoms with Crippen LogP contribution in [0.25, 0.3) is 5.65 Å². The number of hydrogen-bond acceptors (Lipinski definition) is 5. The minimum Gasteiger partial charge on any atom is -0.395 e. The van der Waals surface area contributed by atoms with E-state index >= 15 is 0 Å². The SMILES string of the molecule is CSC(CO)C(C)Nc1nc2ccc(Br)cn2n1. The Labute approximate surface area is 118 Å². The Bertz CT molecular complexity index is 529. The number of aliphatic hydroxyl groups excluding tert-OH is 1. The third-order valence-electron chi connectivity index (χ3n) is 2.69. The summed E-state index contributed by atoms with van der Waals surface area (Å²) in [6.07, 6.45) is 3.84. The number of fused-ring (bicyclic) bond motifs is 1. The molecule has 7 heteroatoms. The predicted molar refractivity (Wildman–Crippen MR) is 78.2 cm³/mol. The van der Waals surface area contributed by atoms with Crippen LogP contribution < -0.4 is 5.32 Å². The molecular weight excluding hydrogens is 316 g/mol. The van der Waals surface area contributed by atoms with E-state index in [9.17, 15) is 5.11 Å². The summed E-state index contributed by atoms with van der Waals surface area (Å²) in [5.74, 6) is 0.577. The van der Waals surface area contributed by atoms with E-state index in [2.05, 4.69) is 31.3 Å². The summed E-state index contributed by atoms with van der Waals surface area (Å²) in [7, 11) is 0. The van der Waals surface area contributed by atoms with Crippen LogP contribution in [0.2, 0.25) is 0 Å². The molecule has 2 heterocycles. The van der Waals surface area contributed by atoms with Crippen LogP contribution in [-0.4, -0.2) is 43.9 Å². The van der Waals surface area contributed by atoms with Crippen molar-refractivity contribution >= 4 is 39.3 Å². The van der Waals surface area contributed by atoms with Crippen molar-refractivity contribution in [2.45, 2.75) is 18.2 Å². The summed E-state index contributed by atoms with van der Waals surface area (Å²) in [6, 6.07) is 3.92. The molecule has 5 nitrogen and oxygen atoms in total. The van der Waals surface area contributed by atoms with Crippen molar-refractivity contribution in [3.8, 4) is 0 Å². The van der Waals surface area contributed by atoms with Gasteiger partial charge in [-0.1, -0.05) is 0 Å². The van der Waals surface area contributed by atoms with Crippen molar-refractivity contribution in [3.63, 3.8) is 0 Å². The highest BCUT2D eigenvalue weighted by Crippen LogP contribution is 2.16. The number of halogens is 1. The summed E-state index contributed by atoms with van der Waals surface area (Å²) in [4.78, 5) is 4.37. The van der Waals surface area contributed by atoms with Gasteiger partial charge in [0.2, 0.25) is 5.95 Å². The van der Waals surface area contributed by atoms with E-state index in [0.717, 1.165) is 10.1 Å². The average molecular weight is 331 g/mol. The molecule has 2 aromatic heterocycles. The lowest BCUT2D eigenvalue weighted by Crippen LogP contribution is -2.31. The Hall–Kier alpha value is -0.790. The quantitative estimate of drug-likeness (QED) is 0.878. The number of nitrogens with one attached hydrogen (secondary N) is 1. The largest absolute Gasteiger partial charge is 0.395 e. The summed E-state index contributed by atoms with van der Waals surface area (Å²) in [5.41, 5.74) is 0.789. The van der Waals surface area contributed by atoms with E-state index in [1.807, 2.05) is 31.5 Å². The number of aromatic nitrogens is 3. The molecule has 2 aromatic rings. The van der Waals surface area contributed by atoms with Gasteiger partial charge in [0.1, 0.15) is 0 Å². The average Bonchev–Trinajstić information content (AvgIpc) is 2.71. The molecule has 2 atom stereocenters. The van der Waals surface area contributed by atoms with Crippen LogP contribution in [0.15, 0.2) is 22.8 Å². The van der Waals surface area contributed by atoms with Gasteiger partial charge in [0.05, 0.1) is 6.61 Å². The minimum atomic E-state index is 0.103. The number of rotatable bonds is 5. The monoisotopic (exact) mass is 330 g/mol. The standard InChI is InChI=1S/C11H15BrN4OS/c1-7(9(6-17)18-2)13-11-14-10-4-3-8(12)5-16(10)15-11/h3-5,7,9,17H,6H2,1-2H3,(H,13,15). The van der Waals surface area contributed by atoms with Crippen molar-refractivity contribution < 1.29 is 5.11 Å². The van der Waals surface area contributed by atoms with Gasteiger partial charge in [-0.15, -0.1) is 5.10 Å². The lowest BCUT2D eigenvalue weighted by molar-refractivity contribution is 0.288. The van der Waals surface area contributed by atoms with Crippen LogP contribution >= 0.6 is 27.7 Å². The lowest BCUT2D eigenvalue weighted by Gasteiger charge is -2.20. The zero-order valence-corrected chi connectivity index (χ0v) is 12.6. The maximum atomic E-state index is 9.24. The Morgan fingerprint density at radius 2 is 2.33 bits per heavy atom. The van der Waals surface area contributed by atoms with Gasteiger partial charge in [-0.05, 0) is 41.2 Å². The fourth-order valence-corrected chi connectivity index (χ4v) is 2.60. The zero-order valence-electron chi connectivity index (χ0n) is 10.2. The van der Waals surface area contributed by atoms with Gasteiger partial charge in [-0.3, -0.25) is 0 Å². The highest BCUT2D eigenvalue weighted by atomic mass is 79.9. The molecule has 2 unspecified atom stereocenters. The molecule has 0 aliphatic heterocycles. The number of pyridine rings is 1. The maximum Gasteiger partial charge on any atom is 0.243 e. The molecule has 2 rings (SSSR count). The second-order valence-corrected chi connectivity index (χ2v) is 5.97. The van der Waals surface area contributed by atoms with Crippen LogP contribution in [-0.2, 0) is 0 Å². The number of thioether (sulfide) groups is 1. The van der Waals surface area contributed by atoms with E-state index in [4.69, 9.17) is 0 Å². The summed E-state index contributed by atoms with van der Waals surface area (Å²) in [6.45, 7) is 2.15. The Kier molecular flexibility index (Phi) is 4.47. The molecule has 0 spiro atoms. The molecule has 18 heavy (non-hydrogen) atoms. The number of hydrogen-bond donors (Lipinski definition) is 2. The van der Waals surface area contributed by atoms with E-state index in [1.165, 1.54) is 0 Å². The topological polar surface area (TPSA) is 62.5 Å². The van der Waals surface area contributed by atoms with Crippen LogP contribution in [0, 0.1) is 0 Å². The normalized spacial score (nSPS) is 14.7. The molecule has 0 aromatic carbocycles. The van der Waals surface area contributed by atoms with Gasteiger partial charge < -0.3 is 10.4 Å². The first-order valence-corrected chi connectivity index (χ1v) is 7.64. The first-order valence-electron chi connectivity index (χ1n) is 5.56. The molecule has 2 N–H and O–H groups in total. The minimum absolute atomic E-state index is 0.103. The Morgan fingerprint density at radius 1 is 1.56 bits per heavy atom. The first kappa shape index (κ1) is 13.6. The van der Waals surface area contributed by atoms with Crippen LogP contribution in [0.5, 0.6) is 0 Å². The van der Waals surface area contributed by atoms with E-state index in [-0.39, 0.29) is 17.9 Å². The molecule has 0 radical (unpaired) electrons. The van der Waals surface area contributed by atoms with Crippen molar-refractivity contribution in [3.05, 3.63) is 22.8 Å². The predicted octanol–water partition coefficient (Wildman–Crippen LogP) is 2.02. The van der Waals surface area contributed by atoms with Gasteiger partial charge >= 0.3 is 0 Å².